The molecule has 7 nitrogen and oxygen atoms in total. The first kappa shape index (κ1) is 24.6. The molecule has 0 aliphatic carbocycles. The lowest BCUT2D eigenvalue weighted by atomic mass is 9.88. The third kappa shape index (κ3) is 5.12. The van der Waals surface area contributed by atoms with E-state index in [9.17, 15) is 14.4 Å². The van der Waals surface area contributed by atoms with Crippen LogP contribution in [-0.2, 0) is 9.59 Å². The number of anilines is 2. The third-order valence-corrected chi connectivity index (χ3v) is 7.07. The SMILES string of the molecule is CCOc1ccc(NC(=O)CN2C(=O)S/C(=C\c3ccc4c(c3)C(C)=CC(C)(C)N4C)C2=O)cc1. The highest BCUT2D eigenvalue weighted by Crippen LogP contribution is 2.39. The van der Waals surface area contributed by atoms with Crippen molar-refractivity contribution in [2.24, 2.45) is 0 Å². The number of carbonyl (C=O) groups excluding carboxylic acids is 3. The number of hydrogen-bond donors (Lipinski definition) is 1. The van der Waals surface area contributed by atoms with Crippen molar-refractivity contribution in [3.8, 4) is 5.75 Å². The average molecular weight is 492 g/mol. The highest BCUT2D eigenvalue weighted by atomic mass is 32.2. The van der Waals surface area contributed by atoms with Gasteiger partial charge in [0.25, 0.3) is 11.1 Å². The fourth-order valence-electron chi connectivity index (χ4n) is 4.20. The van der Waals surface area contributed by atoms with Crippen LogP contribution < -0.4 is 15.0 Å². The second-order valence-electron chi connectivity index (χ2n) is 9.09. The largest absolute Gasteiger partial charge is 0.494 e. The van der Waals surface area contributed by atoms with Crippen LogP contribution in [0.4, 0.5) is 16.2 Å². The Morgan fingerprint density at radius 3 is 2.54 bits per heavy atom. The van der Waals surface area contributed by atoms with Gasteiger partial charge in [0.15, 0.2) is 0 Å². The number of amides is 3. The first-order chi connectivity index (χ1) is 16.6. The molecule has 3 amide bonds. The summed E-state index contributed by atoms with van der Waals surface area (Å²) in [7, 11) is 2.06. The van der Waals surface area contributed by atoms with Crippen molar-refractivity contribution in [3.63, 3.8) is 0 Å². The van der Waals surface area contributed by atoms with E-state index < -0.39 is 17.1 Å². The molecule has 0 atom stereocenters. The lowest BCUT2D eigenvalue weighted by molar-refractivity contribution is -0.127. The van der Waals surface area contributed by atoms with Gasteiger partial charge in [-0.15, -0.1) is 0 Å². The summed E-state index contributed by atoms with van der Waals surface area (Å²) in [6.45, 7) is 8.50. The Labute approximate surface area is 209 Å². The van der Waals surface area contributed by atoms with Gasteiger partial charge >= 0.3 is 0 Å². The summed E-state index contributed by atoms with van der Waals surface area (Å²) in [4.78, 5) is 41.4. The molecule has 2 aromatic carbocycles. The van der Waals surface area contributed by atoms with E-state index in [1.54, 1.807) is 30.3 Å². The van der Waals surface area contributed by atoms with E-state index in [-0.39, 0.29) is 12.1 Å². The van der Waals surface area contributed by atoms with Crippen molar-refractivity contribution in [2.75, 3.05) is 30.4 Å². The van der Waals surface area contributed by atoms with Crippen molar-refractivity contribution in [2.45, 2.75) is 33.2 Å². The number of benzene rings is 2. The topological polar surface area (TPSA) is 79.0 Å². The maximum atomic E-state index is 12.9. The van der Waals surface area contributed by atoms with Gasteiger partial charge in [0.1, 0.15) is 12.3 Å². The van der Waals surface area contributed by atoms with Gasteiger partial charge in [-0.1, -0.05) is 12.1 Å². The molecule has 2 aliphatic rings. The van der Waals surface area contributed by atoms with E-state index in [1.807, 2.05) is 25.1 Å². The molecule has 0 radical (unpaired) electrons. The number of imide groups is 1. The van der Waals surface area contributed by atoms with Gasteiger partial charge in [-0.25, -0.2) is 0 Å². The lowest BCUT2D eigenvalue weighted by Crippen LogP contribution is -2.42. The van der Waals surface area contributed by atoms with E-state index in [1.165, 1.54) is 0 Å². The quantitative estimate of drug-likeness (QED) is 0.546. The number of ether oxygens (including phenoxy) is 1. The van der Waals surface area contributed by atoms with Gasteiger partial charge in [-0.2, -0.15) is 0 Å². The van der Waals surface area contributed by atoms with Crippen LogP contribution in [-0.4, -0.2) is 47.7 Å². The Kier molecular flexibility index (Phi) is 6.76. The first-order valence-corrected chi connectivity index (χ1v) is 12.3. The van der Waals surface area contributed by atoms with E-state index >= 15 is 0 Å². The van der Waals surface area contributed by atoms with Gasteiger partial charge in [0.05, 0.1) is 17.1 Å². The standard InChI is InChI=1S/C27H29N3O4S/c1-6-34-20-10-8-19(9-11-20)28-24(31)16-30-25(32)23(35-26(30)33)14-18-7-12-22-21(13-18)17(2)15-27(3,4)29(22)5/h7-15H,6,16H2,1-5H3,(H,28,31)/b23-14-. The molecule has 35 heavy (non-hydrogen) atoms. The summed E-state index contributed by atoms with van der Waals surface area (Å²) in [5.74, 6) is -0.215. The zero-order valence-corrected chi connectivity index (χ0v) is 21.4. The van der Waals surface area contributed by atoms with E-state index in [4.69, 9.17) is 4.74 Å². The zero-order chi connectivity index (χ0) is 25.3. The average Bonchev–Trinajstić information content (AvgIpc) is 3.06. The van der Waals surface area contributed by atoms with E-state index in [0.717, 1.165) is 39.0 Å². The molecule has 0 saturated carbocycles. The molecule has 182 valence electrons. The van der Waals surface area contributed by atoms with Crippen molar-refractivity contribution in [1.82, 2.24) is 4.90 Å². The molecule has 8 heteroatoms. The van der Waals surface area contributed by atoms with Crippen molar-refractivity contribution in [3.05, 3.63) is 64.6 Å². The Morgan fingerprint density at radius 2 is 1.86 bits per heavy atom. The Bertz CT molecular complexity index is 1250. The Morgan fingerprint density at radius 1 is 1.14 bits per heavy atom. The summed E-state index contributed by atoms with van der Waals surface area (Å²) in [5, 5.41) is 2.25. The summed E-state index contributed by atoms with van der Waals surface area (Å²) >= 11 is 0.848. The van der Waals surface area contributed by atoms with Crippen molar-refractivity contribution < 1.29 is 19.1 Å². The number of thioether (sulfide) groups is 1. The second-order valence-corrected chi connectivity index (χ2v) is 10.1. The molecule has 1 N–H and O–H groups in total. The predicted molar refractivity (Wildman–Crippen MR) is 141 cm³/mol. The molecular weight excluding hydrogens is 462 g/mol. The minimum atomic E-state index is -0.468. The van der Waals surface area contributed by atoms with Crippen LogP contribution in [0, 0.1) is 0 Å². The van der Waals surface area contributed by atoms with Crippen LogP contribution in [0.1, 0.15) is 38.8 Å². The minimum Gasteiger partial charge on any atom is -0.494 e. The van der Waals surface area contributed by atoms with Crippen LogP contribution in [0.15, 0.2) is 53.4 Å². The van der Waals surface area contributed by atoms with Gasteiger partial charge in [0.2, 0.25) is 5.91 Å². The third-order valence-electron chi connectivity index (χ3n) is 6.16. The maximum Gasteiger partial charge on any atom is 0.294 e. The normalized spacial score (nSPS) is 18.0. The zero-order valence-electron chi connectivity index (χ0n) is 20.5. The van der Waals surface area contributed by atoms with E-state index in [2.05, 4.69) is 44.1 Å². The van der Waals surface area contributed by atoms with Crippen LogP contribution in [0.25, 0.3) is 11.6 Å². The minimum absolute atomic E-state index is 0.0901. The van der Waals surface area contributed by atoms with E-state index in [0.29, 0.717) is 22.9 Å². The van der Waals surface area contributed by atoms with Crippen molar-refractivity contribution >= 4 is 51.8 Å². The fraction of sp³-hybridized carbons (Fsp3) is 0.296. The fourth-order valence-corrected chi connectivity index (χ4v) is 5.04. The Balaban J connectivity index is 1.46. The molecule has 0 bridgehead atoms. The van der Waals surface area contributed by atoms with Gasteiger partial charge in [0, 0.05) is 24.0 Å². The van der Waals surface area contributed by atoms with Gasteiger partial charge in [-0.05, 0) is 93.1 Å². The van der Waals surface area contributed by atoms with Crippen LogP contribution >= 0.6 is 11.8 Å². The Hall–Kier alpha value is -3.52. The summed E-state index contributed by atoms with van der Waals surface area (Å²) in [6, 6.07) is 12.9. The summed E-state index contributed by atoms with van der Waals surface area (Å²) in [6.07, 6.45) is 3.93. The lowest BCUT2D eigenvalue weighted by Gasteiger charge is -2.40. The number of hydrogen-bond acceptors (Lipinski definition) is 6. The molecule has 2 heterocycles. The predicted octanol–water partition coefficient (Wildman–Crippen LogP) is 5.39. The number of fused-ring (bicyclic) bond motifs is 1. The highest BCUT2D eigenvalue weighted by molar-refractivity contribution is 8.18. The molecule has 1 fully saturated rings. The van der Waals surface area contributed by atoms with Crippen LogP contribution in [0.2, 0.25) is 0 Å². The smallest absolute Gasteiger partial charge is 0.294 e. The molecule has 4 rings (SSSR count). The number of rotatable bonds is 6. The molecule has 1 saturated heterocycles. The maximum absolute atomic E-state index is 12.9. The summed E-state index contributed by atoms with van der Waals surface area (Å²) in [5.41, 5.74) is 4.67. The monoisotopic (exact) mass is 491 g/mol. The van der Waals surface area contributed by atoms with Gasteiger partial charge in [-0.3, -0.25) is 19.3 Å². The molecule has 0 unspecified atom stereocenters. The number of nitrogens with zero attached hydrogens (tertiary/aromatic N) is 2. The van der Waals surface area contributed by atoms with Crippen molar-refractivity contribution in [1.29, 1.82) is 0 Å². The van der Waals surface area contributed by atoms with Crippen LogP contribution in [0.3, 0.4) is 0 Å². The molecule has 2 aromatic rings. The summed E-state index contributed by atoms with van der Waals surface area (Å²) < 4.78 is 5.39. The molecular formula is C27H29N3O4S. The molecule has 0 aromatic heterocycles. The molecule has 2 aliphatic heterocycles. The number of carbonyl (C=O) groups is 3. The second kappa shape index (κ2) is 9.62. The molecule has 0 spiro atoms. The van der Waals surface area contributed by atoms with Gasteiger partial charge < -0.3 is 15.0 Å². The number of likely N-dealkylation sites (N-methyl/N-ethyl adjacent to an activating group) is 1. The highest BCUT2D eigenvalue weighted by Gasteiger charge is 2.36. The first-order valence-electron chi connectivity index (χ1n) is 11.4. The number of allylic oxidation sites excluding steroid dienone is 1. The van der Waals surface area contributed by atoms with Crippen LogP contribution in [0.5, 0.6) is 5.75 Å². The number of nitrogens with one attached hydrogen (secondary N) is 1.